The van der Waals surface area contributed by atoms with Gasteiger partial charge in [-0.15, -0.1) is 0 Å². The average Bonchev–Trinajstić information content (AvgIpc) is 2.20. The Bertz CT molecular complexity index is 103. The van der Waals surface area contributed by atoms with Gasteiger partial charge in [-0.3, -0.25) is 0 Å². The molecule has 14 heavy (non-hydrogen) atoms. The van der Waals surface area contributed by atoms with Crippen LogP contribution in [0.4, 0.5) is 0 Å². The molecule has 0 aromatic rings. The molecule has 0 aromatic heterocycles. The van der Waals surface area contributed by atoms with Crippen molar-refractivity contribution in [1.29, 1.82) is 0 Å². The molecule has 0 saturated heterocycles. The Labute approximate surface area is 87.4 Å². The van der Waals surface area contributed by atoms with Crippen LogP contribution < -0.4 is 0 Å². The van der Waals surface area contributed by atoms with Crippen molar-refractivity contribution in [3.8, 4) is 0 Å². The second-order valence-corrected chi connectivity index (χ2v) is 3.60. The van der Waals surface area contributed by atoms with Crippen molar-refractivity contribution in [2.45, 2.75) is 52.2 Å². The van der Waals surface area contributed by atoms with Crippen LogP contribution in [-0.4, -0.2) is 37.1 Å². The summed E-state index contributed by atoms with van der Waals surface area (Å²) in [5, 5.41) is 9.40. The smallest absolute Gasteiger partial charge is 0.101 e. The summed E-state index contributed by atoms with van der Waals surface area (Å²) < 4.78 is 10.6. The second kappa shape index (κ2) is 9.44. The molecule has 0 amide bonds. The van der Waals surface area contributed by atoms with Crippen LogP contribution in [0.1, 0.15) is 40.0 Å². The summed E-state index contributed by atoms with van der Waals surface area (Å²) in [6.07, 6.45) is 3.20. The first-order valence-electron chi connectivity index (χ1n) is 5.58. The van der Waals surface area contributed by atoms with E-state index in [0.717, 1.165) is 6.42 Å². The molecular formula is C11H24O3. The van der Waals surface area contributed by atoms with E-state index < -0.39 is 6.10 Å². The number of aliphatic hydroxyl groups is 1. The molecule has 0 aliphatic rings. The summed E-state index contributed by atoms with van der Waals surface area (Å²) in [5.74, 6) is 0. The van der Waals surface area contributed by atoms with Crippen molar-refractivity contribution in [1.82, 2.24) is 0 Å². The number of rotatable bonds is 9. The van der Waals surface area contributed by atoms with Gasteiger partial charge in [-0.05, 0) is 20.3 Å². The first kappa shape index (κ1) is 13.9. The van der Waals surface area contributed by atoms with Gasteiger partial charge in [0, 0.05) is 6.61 Å². The minimum atomic E-state index is -0.487. The molecule has 0 fully saturated rings. The zero-order valence-electron chi connectivity index (χ0n) is 9.66. The van der Waals surface area contributed by atoms with Gasteiger partial charge >= 0.3 is 0 Å². The first-order chi connectivity index (χ1) is 6.70. The van der Waals surface area contributed by atoms with Crippen molar-refractivity contribution in [3.63, 3.8) is 0 Å². The normalized spacial score (nSPS) is 15.4. The summed E-state index contributed by atoms with van der Waals surface area (Å²) in [5.41, 5.74) is 0. The standard InChI is InChI=1S/C11H24O3/c1-4-6-7-10(3)14-9-11(12)8-13-5-2/h10-12H,4-9H2,1-3H3. The lowest BCUT2D eigenvalue weighted by molar-refractivity contribution is -0.0400. The zero-order chi connectivity index (χ0) is 10.8. The highest BCUT2D eigenvalue weighted by Gasteiger charge is 2.07. The third-order valence-corrected chi connectivity index (χ3v) is 2.05. The van der Waals surface area contributed by atoms with E-state index in [9.17, 15) is 5.11 Å². The lowest BCUT2D eigenvalue weighted by Gasteiger charge is -2.15. The van der Waals surface area contributed by atoms with E-state index in [4.69, 9.17) is 9.47 Å². The monoisotopic (exact) mass is 204 g/mol. The van der Waals surface area contributed by atoms with Gasteiger partial charge in [0.1, 0.15) is 6.10 Å². The summed E-state index contributed by atoms with van der Waals surface area (Å²) in [7, 11) is 0. The van der Waals surface area contributed by atoms with Crippen LogP contribution in [0.2, 0.25) is 0 Å². The Hall–Kier alpha value is -0.120. The predicted octanol–water partition coefficient (Wildman–Crippen LogP) is 1.98. The van der Waals surface area contributed by atoms with Gasteiger partial charge in [-0.1, -0.05) is 19.8 Å². The average molecular weight is 204 g/mol. The Morgan fingerprint density at radius 3 is 2.50 bits per heavy atom. The van der Waals surface area contributed by atoms with Crippen LogP contribution in [0.5, 0.6) is 0 Å². The van der Waals surface area contributed by atoms with Crippen LogP contribution in [0.3, 0.4) is 0 Å². The van der Waals surface area contributed by atoms with Crippen molar-refractivity contribution < 1.29 is 14.6 Å². The molecule has 2 unspecified atom stereocenters. The molecule has 1 N–H and O–H groups in total. The highest BCUT2D eigenvalue weighted by Crippen LogP contribution is 2.04. The molecule has 0 aliphatic heterocycles. The maximum absolute atomic E-state index is 9.40. The number of hydrogen-bond donors (Lipinski definition) is 1. The fourth-order valence-corrected chi connectivity index (χ4v) is 1.15. The van der Waals surface area contributed by atoms with Crippen LogP contribution in [0, 0.1) is 0 Å². The topological polar surface area (TPSA) is 38.7 Å². The van der Waals surface area contributed by atoms with Crippen LogP contribution in [0.25, 0.3) is 0 Å². The van der Waals surface area contributed by atoms with E-state index in [-0.39, 0.29) is 6.10 Å². The Balaban J connectivity index is 3.31. The largest absolute Gasteiger partial charge is 0.388 e. The number of unbranched alkanes of at least 4 members (excludes halogenated alkanes) is 1. The molecular weight excluding hydrogens is 180 g/mol. The minimum Gasteiger partial charge on any atom is -0.388 e. The Kier molecular flexibility index (Phi) is 9.35. The van der Waals surface area contributed by atoms with E-state index in [0.29, 0.717) is 19.8 Å². The van der Waals surface area contributed by atoms with Crippen LogP contribution in [-0.2, 0) is 9.47 Å². The second-order valence-electron chi connectivity index (χ2n) is 3.60. The van der Waals surface area contributed by atoms with E-state index in [1.165, 1.54) is 12.8 Å². The predicted molar refractivity (Wildman–Crippen MR) is 57.4 cm³/mol. The van der Waals surface area contributed by atoms with Crippen molar-refractivity contribution in [2.24, 2.45) is 0 Å². The van der Waals surface area contributed by atoms with E-state index in [1.54, 1.807) is 0 Å². The third-order valence-electron chi connectivity index (χ3n) is 2.05. The van der Waals surface area contributed by atoms with Gasteiger partial charge in [0.25, 0.3) is 0 Å². The van der Waals surface area contributed by atoms with E-state index in [1.807, 2.05) is 13.8 Å². The fourth-order valence-electron chi connectivity index (χ4n) is 1.15. The minimum absolute atomic E-state index is 0.242. The quantitative estimate of drug-likeness (QED) is 0.624. The molecule has 0 rings (SSSR count). The third kappa shape index (κ3) is 8.48. The van der Waals surface area contributed by atoms with Gasteiger partial charge in [0.15, 0.2) is 0 Å². The molecule has 0 aromatic carbocycles. The van der Waals surface area contributed by atoms with Gasteiger partial charge in [-0.25, -0.2) is 0 Å². The van der Waals surface area contributed by atoms with Crippen molar-refractivity contribution >= 4 is 0 Å². The van der Waals surface area contributed by atoms with Gasteiger partial charge in [0.2, 0.25) is 0 Å². The SMILES string of the molecule is CCCCC(C)OCC(O)COCC. The molecule has 3 heteroatoms. The lowest BCUT2D eigenvalue weighted by Crippen LogP contribution is -2.24. The maximum Gasteiger partial charge on any atom is 0.101 e. The van der Waals surface area contributed by atoms with E-state index in [2.05, 4.69) is 6.92 Å². The number of aliphatic hydroxyl groups excluding tert-OH is 1. The molecule has 2 atom stereocenters. The molecule has 0 spiro atoms. The highest BCUT2D eigenvalue weighted by atomic mass is 16.5. The maximum atomic E-state index is 9.40. The number of hydrogen-bond acceptors (Lipinski definition) is 3. The molecule has 3 nitrogen and oxygen atoms in total. The fraction of sp³-hybridized carbons (Fsp3) is 1.00. The zero-order valence-corrected chi connectivity index (χ0v) is 9.66. The van der Waals surface area contributed by atoms with Crippen LogP contribution >= 0.6 is 0 Å². The lowest BCUT2D eigenvalue weighted by atomic mass is 10.2. The number of ether oxygens (including phenoxy) is 2. The highest BCUT2D eigenvalue weighted by molar-refractivity contribution is 4.55. The molecule has 0 saturated carbocycles. The summed E-state index contributed by atoms with van der Waals surface area (Å²) >= 11 is 0. The summed E-state index contributed by atoms with van der Waals surface area (Å²) in [6.45, 7) is 7.52. The molecule has 0 aliphatic carbocycles. The van der Waals surface area contributed by atoms with Crippen LogP contribution in [0.15, 0.2) is 0 Å². The summed E-state index contributed by atoms with van der Waals surface area (Å²) in [6, 6.07) is 0. The summed E-state index contributed by atoms with van der Waals surface area (Å²) in [4.78, 5) is 0. The van der Waals surface area contributed by atoms with Crippen molar-refractivity contribution in [3.05, 3.63) is 0 Å². The first-order valence-corrected chi connectivity index (χ1v) is 5.58. The van der Waals surface area contributed by atoms with Gasteiger partial charge < -0.3 is 14.6 Å². The molecule has 86 valence electrons. The van der Waals surface area contributed by atoms with Gasteiger partial charge in [0.05, 0.1) is 19.3 Å². The molecule has 0 heterocycles. The Morgan fingerprint density at radius 2 is 1.93 bits per heavy atom. The van der Waals surface area contributed by atoms with E-state index >= 15 is 0 Å². The molecule has 0 bridgehead atoms. The Morgan fingerprint density at radius 1 is 1.21 bits per heavy atom. The van der Waals surface area contributed by atoms with Gasteiger partial charge in [-0.2, -0.15) is 0 Å². The van der Waals surface area contributed by atoms with Crippen molar-refractivity contribution in [2.75, 3.05) is 19.8 Å². The molecule has 0 radical (unpaired) electrons.